The molecule has 0 aliphatic carbocycles. The first-order valence-corrected chi connectivity index (χ1v) is 7.23. The summed E-state index contributed by atoms with van der Waals surface area (Å²) in [4.78, 5) is 11.4. The second-order valence-electron chi connectivity index (χ2n) is 4.54. The van der Waals surface area contributed by atoms with Crippen LogP contribution in [0.15, 0.2) is 42.5 Å². The lowest BCUT2D eigenvalue weighted by atomic mass is 10.1. The van der Waals surface area contributed by atoms with Gasteiger partial charge in [0.15, 0.2) is 6.10 Å². The molecule has 0 amide bonds. The number of hydrogen-bond acceptors (Lipinski definition) is 3. The molecule has 0 spiro atoms. The minimum atomic E-state index is -1.08. The van der Waals surface area contributed by atoms with Gasteiger partial charge in [-0.05, 0) is 23.8 Å². The monoisotopic (exact) mass is 340 g/mol. The molecule has 2 aromatic carbocycles. The van der Waals surface area contributed by atoms with Crippen molar-refractivity contribution in [3.8, 4) is 11.5 Å². The van der Waals surface area contributed by atoms with E-state index in [1.165, 1.54) is 7.11 Å². The largest absolute Gasteiger partial charge is 0.497 e. The summed E-state index contributed by atoms with van der Waals surface area (Å²) >= 11 is 12.0. The number of rotatable bonds is 6. The van der Waals surface area contributed by atoms with Gasteiger partial charge in [-0.3, -0.25) is 0 Å². The molecule has 1 atom stereocenters. The van der Waals surface area contributed by atoms with Crippen LogP contribution in [0.25, 0.3) is 0 Å². The molecule has 4 nitrogen and oxygen atoms in total. The lowest BCUT2D eigenvalue weighted by Crippen LogP contribution is -2.29. The van der Waals surface area contributed by atoms with Crippen molar-refractivity contribution in [2.75, 3.05) is 7.11 Å². The number of carboxylic acid groups (broad SMARTS) is 1. The summed E-state index contributed by atoms with van der Waals surface area (Å²) in [5.41, 5.74) is 0.615. The predicted molar refractivity (Wildman–Crippen MR) is 85.2 cm³/mol. The van der Waals surface area contributed by atoms with E-state index < -0.39 is 12.1 Å². The Morgan fingerprint density at radius 1 is 1.18 bits per heavy atom. The van der Waals surface area contributed by atoms with Gasteiger partial charge in [0, 0.05) is 12.5 Å². The van der Waals surface area contributed by atoms with Crippen molar-refractivity contribution >= 4 is 29.2 Å². The van der Waals surface area contributed by atoms with Crippen LogP contribution in [0.2, 0.25) is 10.0 Å². The number of benzene rings is 2. The van der Waals surface area contributed by atoms with E-state index in [1.54, 1.807) is 42.5 Å². The van der Waals surface area contributed by atoms with Crippen molar-refractivity contribution < 1.29 is 19.4 Å². The smallest absolute Gasteiger partial charge is 0.345 e. The predicted octanol–water partition coefficient (Wildman–Crippen LogP) is 4.08. The highest BCUT2D eigenvalue weighted by Crippen LogP contribution is 2.27. The molecule has 0 heterocycles. The molecule has 0 radical (unpaired) electrons. The normalized spacial score (nSPS) is 11.8. The molecule has 0 saturated carbocycles. The van der Waals surface area contributed by atoms with Gasteiger partial charge >= 0.3 is 5.97 Å². The molecule has 2 aromatic rings. The average Bonchev–Trinajstić information content (AvgIpc) is 2.51. The first-order valence-electron chi connectivity index (χ1n) is 6.47. The van der Waals surface area contributed by atoms with E-state index in [1.807, 2.05) is 0 Å². The van der Waals surface area contributed by atoms with Gasteiger partial charge in [-0.1, -0.05) is 41.4 Å². The maximum absolute atomic E-state index is 11.4. The van der Waals surface area contributed by atoms with E-state index >= 15 is 0 Å². The second kappa shape index (κ2) is 7.38. The van der Waals surface area contributed by atoms with Crippen molar-refractivity contribution in [2.24, 2.45) is 0 Å². The van der Waals surface area contributed by atoms with Crippen molar-refractivity contribution in [1.82, 2.24) is 0 Å². The van der Waals surface area contributed by atoms with Crippen molar-refractivity contribution in [3.63, 3.8) is 0 Å². The van der Waals surface area contributed by atoms with E-state index in [4.69, 9.17) is 32.7 Å². The summed E-state index contributed by atoms with van der Waals surface area (Å²) in [6, 6.07) is 11.8. The molecule has 0 aliphatic heterocycles. The Balaban J connectivity index is 2.20. The Kier molecular flexibility index (Phi) is 5.52. The van der Waals surface area contributed by atoms with Crippen LogP contribution in [-0.4, -0.2) is 24.3 Å². The maximum atomic E-state index is 11.4. The van der Waals surface area contributed by atoms with Crippen molar-refractivity contribution in [3.05, 3.63) is 58.1 Å². The molecular formula is C16H14Cl2O4. The van der Waals surface area contributed by atoms with Crippen LogP contribution >= 0.6 is 23.2 Å². The Morgan fingerprint density at radius 2 is 1.86 bits per heavy atom. The van der Waals surface area contributed by atoms with E-state index in [0.717, 1.165) is 0 Å². The van der Waals surface area contributed by atoms with Gasteiger partial charge in [-0.2, -0.15) is 0 Å². The van der Waals surface area contributed by atoms with Crippen LogP contribution < -0.4 is 9.47 Å². The highest BCUT2D eigenvalue weighted by atomic mass is 35.5. The third-order valence-electron chi connectivity index (χ3n) is 3.03. The summed E-state index contributed by atoms with van der Waals surface area (Å²) in [6.07, 6.45) is -0.977. The quantitative estimate of drug-likeness (QED) is 0.860. The van der Waals surface area contributed by atoms with Gasteiger partial charge in [0.2, 0.25) is 0 Å². The molecule has 0 aliphatic rings. The zero-order valence-corrected chi connectivity index (χ0v) is 13.3. The van der Waals surface area contributed by atoms with Crippen LogP contribution in [0.3, 0.4) is 0 Å². The van der Waals surface area contributed by atoms with Gasteiger partial charge in [0.25, 0.3) is 0 Å². The highest BCUT2D eigenvalue weighted by molar-refractivity contribution is 6.42. The van der Waals surface area contributed by atoms with Gasteiger partial charge < -0.3 is 14.6 Å². The fourth-order valence-corrected chi connectivity index (χ4v) is 2.32. The zero-order valence-electron chi connectivity index (χ0n) is 11.8. The van der Waals surface area contributed by atoms with E-state index in [9.17, 15) is 9.90 Å². The average molecular weight is 341 g/mol. The number of halogens is 2. The summed E-state index contributed by atoms with van der Waals surface area (Å²) in [5, 5.41) is 10.1. The fourth-order valence-electron chi connectivity index (χ4n) is 1.92. The summed E-state index contributed by atoms with van der Waals surface area (Å²) in [7, 11) is 1.53. The topological polar surface area (TPSA) is 55.8 Å². The third-order valence-corrected chi connectivity index (χ3v) is 3.89. The van der Waals surface area contributed by atoms with Gasteiger partial charge in [-0.15, -0.1) is 0 Å². The lowest BCUT2D eigenvalue weighted by Gasteiger charge is -2.16. The molecule has 1 N–H and O–H groups in total. The van der Waals surface area contributed by atoms with Gasteiger partial charge in [-0.25, -0.2) is 4.79 Å². The number of carboxylic acids is 1. The number of ether oxygens (including phenoxy) is 2. The van der Waals surface area contributed by atoms with Crippen LogP contribution in [0, 0.1) is 0 Å². The first kappa shape index (κ1) is 16.5. The lowest BCUT2D eigenvalue weighted by molar-refractivity contribution is -0.145. The van der Waals surface area contributed by atoms with Crippen LogP contribution in [0.4, 0.5) is 0 Å². The minimum absolute atomic E-state index is 0.103. The molecule has 0 fully saturated rings. The van der Waals surface area contributed by atoms with E-state index in [0.29, 0.717) is 27.1 Å². The van der Waals surface area contributed by atoms with Crippen LogP contribution in [0.5, 0.6) is 11.5 Å². The molecule has 2 rings (SSSR count). The van der Waals surface area contributed by atoms with Crippen LogP contribution in [-0.2, 0) is 11.2 Å². The minimum Gasteiger partial charge on any atom is -0.497 e. The third kappa shape index (κ3) is 4.06. The zero-order chi connectivity index (χ0) is 16.1. The van der Waals surface area contributed by atoms with Gasteiger partial charge in [0.1, 0.15) is 11.5 Å². The molecule has 22 heavy (non-hydrogen) atoms. The summed E-state index contributed by atoms with van der Waals surface area (Å²) < 4.78 is 10.6. The Labute approximate surface area is 138 Å². The summed E-state index contributed by atoms with van der Waals surface area (Å²) in [5.74, 6) is -0.0915. The second-order valence-corrected chi connectivity index (χ2v) is 5.33. The van der Waals surface area contributed by atoms with Gasteiger partial charge in [0.05, 0.1) is 17.2 Å². The molecule has 0 aromatic heterocycles. The summed E-state index contributed by atoms with van der Waals surface area (Å²) in [6.45, 7) is 0. The number of carbonyl (C=O) groups is 1. The van der Waals surface area contributed by atoms with E-state index in [-0.39, 0.29) is 6.42 Å². The number of methoxy groups -OCH3 is 1. The molecule has 0 saturated heterocycles. The SMILES string of the molecule is COc1cccc(O[C@H](Cc2cccc(Cl)c2Cl)C(=O)O)c1. The Bertz CT molecular complexity index is 673. The Hall–Kier alpha value is -1.91. The molecule has 0 bridgehead atoms. The number of hydrogen-bond donors (Lipinski definition) is 1. The molecule has 116 valence electrons. The number of aliphatic carboxylic acids is 1. The molecule has 6 heteroatoms. The van der Waals surface area contributed by atoms with E-state index in [2.05, 4.69) is 0 Å². The molecule has 0 unspecified atom stereocenters. The first-order chi connectivity index (χ1) is 10.5. The molecular weight excluding hydrogens is 327 g/mol. The standard InChI is InChI=1S/C16H14Cl2O4/c1-21-11-5-3-6-12(9-11)22-14(16(19)20)8-10-4-2-7-13(17)15(10)18/h2-7,9,14H,8H2,1H3,(H,19,20)/t14-/m1/s1. The maximum Gasteiger partial charge on any atom is 0.345 e. The fraction of sp³-hybridized carbons (Fsp3) is 0.188. The van der Waals surface area contributed by atoms with Crippen molar-refractivity contribution in [2.45, 2.75) is 12.5 Å². The van der Waals surface area contributed by atoms with Crippen molar-refractivity contribution in [1.29, 1.82) is 0 Å². The Morgan fingerprint density at radius 3 is 2.55 bits per heavy atom. The van der Waals surface area contributed by atoms with Crippen LogP contribution in [0.1, 0.15) is 5.56 Å². The highest BCUT2D eigenvalue weighted by Gasteiger charge is 2.22.